The summed E-state index contributed by atoms with van der Waals surface area (Å²) in [6, 6.07) is 13.6. The van der Waals surface area contributed by atoms with Crippen LogP contribution in [0, 0.1) is 0 Å². The Morgan fingerprint density at radius 2 is 2.00 bits per heavy atom. The smallest absolute Gasteiger partial charge is 0.248 e. The number of nitrogens with two attached hydrogens (primary N) is 1. The van der Waals surface area contributed by atoms with Crippen LogP contribution in [0.2, 0.25) is 0 Å². The third kappa shape index (κ3) is 3.31. The predicted molar refractivity (Wildman–Crippen MR) is 88.7 cm³/mol. The molecule has 114 valence electrons. The van der Waals surface area contributed by atoms with Crippen LogP contribution in [0.1, 0.15) is 21.5 Å². The maximum Gasteiger partial charge on any atom is 0.248 e. The van der Waals surface area contributed by atoms with E-state index in [0.29, 0.717) is 12.2 Å². The summed E-state index contributed by atoms with van der Waals surface area (Å²) in [6.07, 6.45) is 0. The van der Waals surface area contributed by atoms with E-state index >= 15 is 0 Å². The molecule has 3 rings (SSSR count). The fraction of sp³-hybridized carbons (Fsp3) is 0.235. The van der Waals surface area contributed by atoms with Crippen LogP contribution in [0.3, 0.4) is 0 Å². The average Bonchev–Trinajstić information content (AvgIpc) is 2.70. The summed E-state index contributed by atoms with van der Waals surface area (Å²) in [5.74, 6) is 0.544. The molecule has 2 N–H and O–H groups in total. The SMILES string of the molecule is NC(=O)c1ccc(CN2CCOc3c(Br)cccc3C2)cc1. The van der Waals surface area contributed by atoms with Gasteiger partial charge in [0.15, 0.2) is 0 Å². The molecule has 0 saturated carbocycles. The van der Waals surface area contributed by atoms with Gasteiger partial charge < -0.3 is 10.5 Å². The molecule has 2 aromatic carbocycles. The summed E-state index contributed by atoms with van der Waals surface area (Å²) in [5.41, 5.74) is 8.14. The van der Waals surface area contributed by atoms with E-state index in [2.05, 4.69) is 26.9 Å². The van der Waals surface area contributed by atoms with E-state index in [-0.39, 0.29) is 0 Å². The van der Waals surface area contributed by atoms with E-state index in [4.69, 9.17) is 10.5 Å². The van der Waals surface area contributed by atoms with Gasteiger partial charge in [-0.25, -0.2) is 0 Å². The lowest BCUT2D eigenvalue weighted by atomic mass is 10.1. The van der Waals surface area contributed by atoms with E-state index in [1.165, 1.54) is 5.56 Å². The van der Waals surface area contributed by atoms with Gasteiger partial charge in [0.25, 0.3) is 0 Å². The normalized spacial score (nSPS) is 14.8. The fourth-order valence-electron chi connectivity index (χ4n) is 2.60. The van der Waals surface area contributed by atoms with Crippen LogP contribution in [0.4, 0.5) is 0 Å². The van der Waals surface area contributed by atoms with Crippen molar-refractivity contribution in [2.75, 3.05) is 13.2 Å². The Labute approximate surface area is 138 Å². The summed E-state index contributed by atoms with van der Waals surface area (Å²) in [5, 5.41) is 0. The van der Waals surface area contributed by atoms with Crippen LogP contribution in [-0.4, -0.2) is 24.0 Å². The molecule has 0 aromatic heterocycles. The van der Waals surface area contributed by atoms with E-state index in [1.807, 2.05) is 24.3 Å². The Balaban J connectivity index is 1.74. The Hall–Kier alpha value is -1.85. The molecule has 4 nitrogen and oxygen atoms in total. The molecular weight excluding hydrogens is 344 g/mol. The van der Waals surface area contributed by atoms with Gasteiger partial charge in [0, 0.05) is 30.8 Å². The Morgan fingerprint density at radius 3 is 2.73 bits per heavy atom. The van der Waals surface area contributed by atoms with Crippen molar-refractivity contribution in [3.8, 4) is 5.75 Å². The molecule has 0 atom stereocenters. The van der Waals surface area contributed by atoms with Crippen molar-refractivity contribution in [2.24, 2.45) is 5.73 Å². The summed E-state index contributed by atoms with van der Waals surface area (Å²) >= 11 is 3.54. The first-order valence-electron chi connectivity index (χ1n) is 7.15. The number of hydrogen-bond acceptors (Lipinski definition) is 3. The average molecular weight is 361 g/mol. The van der Waals surface area contributed by atoms with Gasteiger partial charge in [0.1, 0.15) is 12.4 Å². The highest BCUT2D eigenvalue weighted by atomic mass is 79.9. The molecule has 0 aliphatic carbocycles. The van der Waals surface area contributed by atoms with E-state index in [9.17, 15) is 4.79 Å². The minimum atomic E-state index is -0.395. The number of primary amides is 1. The third-order valence-corrected chi connectivity index (χ3v) is 4.37. The summed E-state index contributed by atoms with van der Waals surface area (Å²) < 4.78 is 6.85. The van der Waals surface area contributed by atoms with Gasteiger partial charge in [-0.15, -0.1) is 0 Å². The molecular formula is C17H17BrN2O2. The van der Waals surface area contributed by atoms with Crippen molar-refractivity contribution in [3.63, 3.8) is 0 Å². The molecule has 0 radical (unpaired) electrons. The molecule has 1 amide bonds. The second-order valence-corrected chi connectivity index (χ2v) is 6.20. The first-order chi connectivity index (χ1) is 10.6. The van der Waals surface area contributed by atoms with Crippen LogP contribution < -0.4 is 10.5 Å². The minimum absolute atomic E-state index is 0.395. The zero-order valence-corrected chi connectivity index (χ0v) is 13.7. The van der Waals surface area contributed by atoms with E-state index < -0.39 is 5.91 Å². The summed E-state index contributed by atoms with van der Waals surface area (Å²) in [4.78, 5) is 13.4. The topological polar surface area (TPSA) is 55.6 Å². The number of para-hydroxylation sites is 1. The minimum Gasteiger partial charge on any atom is -0.491 e. The lowest BCUT2D eigenvalue weighted by Crippen LogP contribution is -2.25. The van der Waals surface area contributed by atoms with Crippen LogP contribution in [0.15, 0.2) is 46.9 Å². The van der Waals surface area contributed by atoms with Gasteiger partial charge in [-0.05, 0) is 39.7 Å². The van der Waals surface area contributed by atoms with E-state index in [1.54, 1.807) is 12.1 Å². The highest BCUT2D eigenvalue weighted by Crippen LogP contribution is 2.31. The predicted octanol–water partition coefficient (Wildman–Crippen LogP) is 2.94. The Bertz CT molecular complexity index is 686. The highest BCUT2D eigenvalue weighted by Gasteiger charge is 2.17. The van der Waals surface area contributed by atoms with Crippen LogP contribution in [-0.2, 0) is 13.1 Å². The number of carbonyl (C=O) groups is 1. The molecule has 22 heavy (non-hydrogen) atoms. The lowest BCUT2D eigenvalue weighted by molar-refractivity contribution is 0.100. The van der Waals surface area contributed by atoms with Crippen molar-refractivity contribution in [1.82, 2.24) is 4.90 Å². The first-order valence-corrected chi connectivity index (χ1v) is 7.94. The molecule has 0 spiro atoms. The largest absolute Gasteiger partial charge is 0.491 e. The number of fused-ring (bicyclic) bond motifs is 1. The molecule has 1 aliphatic heterocycles. The number of ether oxygens (including phenoxy) is 1. The maximum atomic E-state index is 11.1. The Morgan fingerprint density at radius 1 is 1.23 bits per heavy atom. The van der Waals surface area contributed by atoms with Crippen molar-refractivity contribution in [2.45, 2.75) is 13.1 Å². The molecule has 5 heteroatoms. The van der Waals surface area contributed by atoms with Crippen molar-refractivity contribution < 1.29 is 9.53 Å². The maximum absolute atomic E-state index is 11.1. The van der Waals surface area contributed by atoms with Gasteiger partial charge in [-0.1, -0.05) is 24.3 Å². The van der Waals surface area contributed by atoms with Crippen LogP contribution in [0.5, 0.6) is 5.75 Å². The third-order valence-electron chi connectivity index (χ3n) is 3.74. The zero-order valence-electron chi connectivity index (χ0n) is 12.1. The number of benzene rings is 2. The second-order valence-electron chi connectivity index (χ2n) is 5.35. The monoisotopic (exact) mass is 360 g/mol. The number of halogens is 1. The van der Waals surface area contributed by atoms with E-state index in [0.717, 1.165) is 35.4 Å². The molecule has 0 saturated heterocycles. The van der Waals surface area contributed by atoms with Gasteiger partial charge in [0.05, 0.1) is 4.47 Å². The molecule has 2 aromatic rings. The molecule has 0 bridgehead atoms. The highest BCUT2D eigenvalue weighted by molar-refractivity contribution is 9.10. The van der Waals surface area contributed by atoms with Gasteiger partial charge in [-0.2, -0.15) is 0 Å². The fourth-order valence-corrected chi connectivity index (χ4v) is 3.13. The number of carbonyl (C=O) groups excluding carboxylic acids is 1. The van der Waals surface area contributed by atoms with Crippen molar-refractivity contribution in [1.29, 1.82) is 0 Å². The van der Waals surface area contributed by atoms with Gasteiger partial charge in [0.2, 0.25) is 5.91 Å². The zero-order chi connectivity index (χ0) is 15.5. The number of rotatable bonds is 3. The van der Waals surface area contributed by atoms with Crippen molar-refractivity contribution in [3.05, 3.63) is 63.6 Å². The molecule has 0 unspecified atom stereocenters. The van der Waals surface area contributed by atoms with Gasteiger partial charge >= 0.3 is 0 Å². The van der Waals surface area contributed by atoms with Crippen LogP contribution >= 0.6 is 15.9 Å². The number of amides is 1. The van der Waals surface area contributed by atoms with Crippen molar-refractivity contribution >= 4 is 21.8 Å². The molecule has 1 aliphatic rings. The quantitative estimate of drug-likeness (QED) is 0.915. The second kappa shape index (κ2) is 6.50. The lowest BCUT2D eigenvalue weighted by Gasteiger charge is -2.19. The standard InChI is InChI=1S/C17H17BrN2O2/c18-15-3-1-2-14-11-20(8-9-22-16(14)15)10-12-4-6-13(7-5-12)17(19)21/h1-7H,8-11H2,(H2,19,21). The first kappa shape index (κ1) is 15.1. The number of hydrogen-bond donors (Lipinski definition) is 1. The summed E-state index contributed by atoms with van der Waals surface area (Å²) in [6.45, 7) is 3.17. The molecule has 1 heterocycles. The number of nitrogens with zero attached hydrogens (tertiary/aromatic N) is 1. The van der Waals surface area contributed by atoms with Gasteiger partial charge in [-0.3, -0.25) is 9.69 Å². The van der Waals surface area contributed by atoms with Crippen LogP contribution in [0.25, 0.3) is 0 Å². The summed E-state index contributed by atoms with van der Waals surface area (Å²) in [7, 11) is 0. The Kier molecular flexibility index (Phi) is 4.45. The molecule has 0 fully saturated rings.